The maximum Gasteiger partial charge on any atom is 0.255 e. The van der Waals surface area contributed by atoms with Crippen molar-refractivity contribution in [3.05, 3.63) is 108 Å². The topological polar surface area (TPSA) is 82.5 Å². The van der Waals surface area contributed by atoms with Crippen LogP contribution >= 0.6 is 0 Å². The van der Waals surface area contributed by atoms with Gasteiger partial charge in [0.2, 0.25) is 0 Å². The van der Waals surface area contributed by atoms with Crippen LogP contribution in [0.3, 0.4) is 0 Å². The van der Waals surface area contributed by atoms with E-state index in [1.807, 2.05) is 66.7 Å². The van der Waals surface area contributed by atoms with E-state index in [0.29, 0.717) is 11.1 Å². The van der Waals surface area contributed by atoms with E-state index in [4.69, 9.17) is 0 Å². The summed E-state index contributed by atoms with van der Waals surface area (Å²) in [7, 11) is 0. The predicted octanol–water partition coefficient (Wildman–Crippen LogP) is 4.78. The molecule has 1 aromatic heterocycles. The van der Waals surface area contributed by atoms with E-state index in [1.54, 1.807) is 24.4 Å². The van der Waals surface area contributed by atoms with E-state index in [-0.39, 0.29) is 18.7 Å². The second kappa shape index (κ2) is 9.20. The van der Waals surface area contributed by atoms with Gasteiger partial charge in [-0.2, -0.15) is 0 Å². The number of hydrogen-bond acceptors (Lipinski definition) is 4. The number of aromatic nitrogens is 1. The first-order valence-corrected chi connectivity index (χ1v) is 9.30. The minimum absolute atomic E-state index is 0. The second-order valence-electron chi connectivity index (χ2n) is 6.75. The van der Waals surface area contributed by atoms with Crippen molar-refractivity contribution < 1.29 is 15.0 Å². The summed E-state index contributed by atoms with van der Waals surface area (Å²) in [6.07, 6.45) is 0.610. The monoisotopic (exact) mass is 400 g/mol. The Bertz CT molecular complexity index is 1130. The molecule has 0 bridgehead atoms. The molecular weight excluding hydrogens is 376 g/mol. The van der Waals surface area contributed by atoms with E-state index >= 15 is 0 Å². The largest absolute Gasteiger partial charge is 0.505 e. The summed E-state index contributed by atoms with van der Waals surface area (Å²) < 4.78 is 0. The number of phenolic OH excluding ortho intramolecular Hbond substituents is 1. The Labute approximate surface area is 175 Å². The zero-order chi connectivity index (χ0) is 20.2. The lowest BCUT2D eigenvalue weighted by molar-refractivity contribution is 0.0829. The lowest BCUT2D eigenvalue weighted by Crippen LogP contribution is -2.32. The van der Waals surface area contributed by atoms with Gasteiger partial charge in [0.25, 0.3) is 5.91 Å². The summed E-state index contributed by atoms with van der Waals surface area (Å²) in [5.41, 5.74) is 1.92. The molecule has 4 rings (SSSR count). The molecule has 0 saturated heterocycles. The maximum atomic E-state index is 13.0. The Morgan fingerprint density at radius 3 is 2.13 bits per heavy atom. The van der Waals surface area contributed by atoms with Gasteiger partial charge in [-0.05, 0) is 23.3 Å². The Morgan fingerprint density at radius 2 is 1.47 bits per heavy atom. The second-order valence-corrected chi connectivity index (χ2v) is 6.75. The van der Waals surface area contributed by atoms with Gasteiger partial charge in [-0.3, -0.25) is 9.78 Å². The molecule has 3 aromatic carbocycles. The molecule has 2 atom stereocenters. The molecule has 0 aliphatic heterocycles. The van der Waals surface area contributed by atoms with Gasteiger partial charge in [0, 0.05) is 11.6 Å². The van der Waals surface area contributed by atoms with Gasteiger partial charge in [-0.25, -0.2) is 0 Å². The number of nitrogens with zero attached hydrogens (tertiary/aromatic N) is 1. The molecule has 0 unspecified atom stereocenters. The average Bonchev–Trinajstić information content (AvgIpc) is 2.78. The van der Waals surface area contributed by atoms with Crippen molar-refractivity contribution in [1.82, 2.24) is 10.3 Å². The lowest BCUT2D eigenvalue weighted by atomic mass is 9.95. The van der Waals surface area contributed by atoms with Crippen LogP contribution in [0, 0.1) is 0 Å². The fourth-order valence-corrected chi connectivity index (χ4v) is 3.38. The van der Waals surface area contributed by atoms with Gasteiger partial charge in [0.15, 0.2) is 5.75 Å². The van der Waals surface area contributed by atoms with Crippen molar-refractivity contribution in [3.8, 4) is 5.75 Å². The summed E-state index contributed by atoms with van der Waals surface area (Å²) in [6, 6.07) is 24.6. The first-order chi connectivity index (χ1) is 14.1. The number of carbonyl (C=O) groups is 1. The van der Waals surface area contributed by atoms with Crippen LogP contribution < -0.4 is 5.32 Å². The number of aliphatic hydroxyl groups is 1. The molecule has 5 heteroatoms. The maximum absolute atomic E-state index is 13.0. The number of aromatic hydroxyl groups is 1. The van der Waals surface area contributed by atoms with Crippen LogP contribution in [0.15, 0.2) is 91.1 Å². The number of nitrogens with one attached hydrogen (secondary N) is 1. The predicted molar refractivity (Wildman–Crippen MR) is 118 cm³/mol. The lowest BCUT2D eigenvalue weighted by Gasteiger charge is -2.25. The number of aliphatic hydroxyl groups excluding tert-OH is 1. The fraction of sp³-hybridized carbons (Fsp3) is 0.120. The van der Waals surface area contributed by atoms with E-state index in [2.05, 4.69) is 10.3 Å². The highest BCUT2D eigenvalue weighted by Gasteiger charge is 2.26. The third-order valence-electron chi connectivity index (χ3n) is 4.89. The number of phenols is 1. The summed E-state index contributed by atoms with van der Waals surface area (Å²) in [4.78, 5) is 17.2. The van der Waals surface area contributed by atoms with Gasteiger partial charge < -0.3 is 15.5 Å². The Hall–Kier alpha value is -3.70. The summed E-state index contributed by atoms with van der Waals surface area (Å²) in [6.45, 7) is 0. The van der Waals surface area contributed by atoms with Crippen LogP contribution in [-0.2, 0) is 0 Å². The van der Waals surface area contributed by atoms with Crippen molar-refractivity contribution in [1.29, 1.82) is 0 Å². The van der Waals surface area contributed by atoms with Crippen LogP contribution in [0.1, 0.15) is 41.1 Å². The molecule has 30 heavy (non-hydrogen) atoms. The van der Waals surface area contributed by atoms with Crippen LogP contribution in [0.2, 0.25) is 0 Å². The number of carbonyl (C=O) groups excluding carboxylic acids is 1. The number of benzene rings is 3. The summed E-state index contributed by atoms with van der Waals surface area (Å²) >= 11 is 0. The Balaban J connectivity index is 0.00000256. The first-order valence-electron chi connectivity index (χ1n) is 9.30. The fourth-order valence-electron chi connectivity index (χ4n) is 3.38. The highest BCUT2D eigenvalue weighted by Crippen LogP contribution is 2.31. The first kappa shape index (κ1) is 21.0. The summed E-state index contributed by atoms with van der Waals surface area (Å²) in [5, 5.41) is 25.2. The molecule has 3 N–H and O–H groups in total. The van der Waals surface area contributed by atoms with Crippen molar-refractivity contribution in [2.75, 3.05) is 0 Å². The van der Waals surface area contributed by atoms with Gasteiger partial charge in [-0.1, -0.05) is 80.2 Å². The summed E-state index contributed by atoms with van der Waals surface area (Å²) in [5.74, 6) is -0.666. The molecule has 0 saturated carbocycles. The van der Waals surface area contributed by atoms with Crippen LogP contribution in [0.4, 0.5) is 0 Å². The molecule has 4 aromatic rings. The minimum Gasteiger partial charge on any atom is -0.505 e. The zero-order valence-electron chi connectivity index (χ0n) is 15.6. The molecule has 1 heterocycles. The van der Waals surface area contributed by atoms with E-state index in [1.165, 1.54) is 0 Å². The molecule has 0 aliphatic carbocycles. The third kappa shape index (κ3) is 4.16. The molecule has 0 fully saturated rings. The van der Waals surface area contributed by atoms with Gasteiger partial charge in [0.05, 0.1) is 11.6 Å². The average molecular weight is 400 g/mol. The number of amides is 1. The van der Waals surface area contributed by atoms with Crippen molar-refractivity contribution in [2.24, 2.45) is 0 Å². The Morgan fingerprint density at radius 1 is 0.833 bits per heavy atom. The zero-order valence-corrected chi connectivity index (χ0v) is 15.6. The standard InChI is InChI=1S/C24H20N2O3.CH4/c27-22(18-10-5-2-6-11-18)21(16-8-3-1-4-9-16)26-24(29)19-14-13-17-12-7-15-25-20(17)23(19)28;/h1-15,21-22,27-28H,(H,26,29);1H4/t21-,22+;/m0./s1. The number of rotatable bonds is 5. The molecule has 152 valence electrons. The number of fused-ring (bicyclic) bond motifs is 1. The van der Waals surface area contributed by atoms with Crippen molar-refractivity contribution in [2.45, 2.75) is 19.6 Å². The molecule has 0 spiro atoms. The van der Waals surface area contributed by atoms with E-state index in [0.717, 1.165) is 10.9 Å². The van der Waals surface area contributed by atoms with Crippen LogP contribution in [-0.4, -0.2) is 21.1 Å². The van der Waals surface area contributed by atoms with E-state index in [9.17, 15) is 15.0 Å². The van der Waals surface area contributed by atoms with E-state index < -0.39 is 18.1 Å². The number of pyridine rings is 1. The van der Waals surface area contributed by atoms with Gasteiger partial charge in [0.1, 0.15) is 11.6 Å². The minimum atomic E-state index is -0.955. The third-order valence-corrected chi connectivity index (χ3v) is 4.89. The highest BCUT2D eigenvalue weighted by molar-refractivity contribution is 6.02. The van der Waals surface area contributed by atoms with Gasteiger partial charge >= 0.3 is 0 Å². The number of hydrogen-bond donors (Lipinski definition) is 3. The molecule has 0 radical (unpaired) electrons. The van der Waals surface area contributed by atoms with Crippen molar-refractivity contribution >= 4 is 16.8 Å². The Kier molecular flexibility index (Phi) is 6.45. The van der Waals surface area contributed by atoms with Crippen LogP contribution in [0.5, 0.6) is 5.75 Å². The molecular formula is C25H24N2O3. The molecule has 0 aliphatic rings. The SMILES string of the molecule is C.O=C(N[C@@H](c1ccccc1)[C@H](O)c1ccccc1)c1ccc2cccnc2c1O. The van der Waals surface area contributed by atoms with Crippen molar-refractivity contribution in [3.63, 3.8) is 0 Å². The molecule has 1 amide bonds. The molecule has 5 nitrogen and oxygen atoms in total. The van der Waals surface area contributed by atoms with Crippen LogP contribution in [0.25, 0.3) is 10.9 Å². The van der Waals surface area contributed by atoms with Gasteiger partial charge in [-0.15, -0.1) is 0 Å². The normalized spacial score (nSPS) is 12.6. The highest BCUT2D eigenvalue weighted by atomic mass is 16.3. The quantitative estimate of drug-likeness (QED) is 0.450. The smallest absolute Gasteiger partial charge is 0.255 e.